The molecule has 1 atom stereocenters. The summed E-state index contributed by atoms with van der Waals surface area (Å²) in [6, 6.07) is 5.50. The number of anilines is 1. The van der Waals surface area contributed by atoms with Crippen molar-refractivity contribution in [2.24, 2.45) is 0 Å². The van der Waals surface area contributed by atoms with Gasteiger partial charge >= 0.3 is 0 Å². The molecule has 2 rings (SSSR count). The van der Waals surface area contributed by atoms with Crippen LogP contribution in [0.4, 0.5) is 5.69 Å². The summed E-state index contributed by atoms with van der Waals surface area (Å²) < 4.78 is 6.85. The second-order valence-corrected chi connectivity index (χ2v) is 5.36. The number of aromatic nitrogens is 2. The molecule has 108 valence electrons. The number of nitrogens with zero attached hydrogens (tertiary/aromatic N) is 2. The lowest BCUT2D eigenvalue weighted by molar-refractivity contribution is 0.183. The van der Waals surface area contributed by atoms with Crippen molar-refractivity contribution in [2.75, 3.05) is 19.0 Å². The molecule has 6 heteroatoms. The first-order chi connectivity index (χ1) is 9.60. The standard InChI is InChI=1S/C14H17Cl2N3O/c1-10(13-7-11(15)3-4-14(13)16)18-12-8-17-19(9-12)5-6-20-2/h3-4,7-10,18H,5-6H2,1-2H3. The Morgan fingerprint density at radius 3 is 2.95 bits per heavy atom. The average molecular weight is 314 g/mol. The van der Waals surface area contributed by atoms with Crippen LogP contribution in [0.3, 0.4) is 0 Å². The molecule has 1 aromatic heterocycles. The van der Waals surface area contributed by atoms with Crippen molar-refractivity contribution in [3.8, 4) is 0 Å². The van der Waals surface area contributed by atoms with E-state index in [1.54, 1.807) is 25.4 Å². The molecular weight excluding hydrogens is 297 g/mol. The lowest BCUT2D eigenvalue weighted by atomic mass is 10.1. The molecule has 1 unspecified atom stereocenters. The molecule has 20 heavy (non-hydrogen) atoms. The van der Waals surface area contributed by atoms with Gasteiger partial charge in [0.25, 0.3) is 0 Å². The van der Waals surface area contributed by atoms with Crippen LogP contribution in [0.15, 0.2) is 30.6 Å². The van der Waals surface area contributed by atoms with Crippen LogP contribution in [0.5, 0.6) is 0 Å². The number of nitrogens with one attached hydrogen (secondary N) is 1. The normalized spacial score (nSPS) is 12.4. The first-order valence-electron chi connectivity index (χ1n) is 6.33. The lowest BCUT2D eigenvalue weighted by Gasteiger charge is -2.15. The summed E-state index contributed by atoms with van der Waals surface area (Å²) in [7, 11) is 1.67. The third-order valence-corrected chi connectivity index (χ3v) is 3.54. The zero-order valence-electron chi connectivity index (χ0n) is 11.4. The SMILES string of the molecule is COCCn1cc(NC(C)c2cc(Cl)ccc2Cl)cn1. The fraction of sp³-hybridized carbons (Fsp3) is 0.357. The highest BCUT2D eigenvalue weighted by Gasteiger charge is 2.11. The van der Waals surface area contributed by atoms with Crippen LogP contribution in [0, 0.1) is 0 Å². The summed E-state index contributed by atoms with van der Waals surface area (Å²) in [5, 5.41) is 8.98. The predicted molar refractivity (Wildman–Crippen MR) is 82.6 cm³/mol. The zero-order valence-corrected chi connectivity index (χ0v) is 12.9. The Labute approximate surface area is 128 Å². The van der Waals surface area contributed by atoms with E-state index in [2.05, 4.69) is 10.4 Å². The van der Waals surface area contributed by atoms with Crippen molar-refractivity contribution < 1.29 is 4.74 Å². The molecule has 0 bridgehead atoms. The van der Waals surface area contributed by atoms with Gasteiger partial charge in [-0.25, -0.2) is 0 Å². The molecule has 0 radical (unpaired) electrons. The minimum Gasteiger partial charge on any atom is -0.383 e. The van der Waals surface area contributed by atoms with E-state index < -0.39 is 0 Å². The van der Waals surface area contributed by atoms with Gasteiger partial charge in [0, 0.05) is 23.4 Å². The highest BCUT2D eigenvalue weighted by molar-refractivity contribution is 6.33. The molecule has 4 nitrogen and oxygen atoms in total. The van der Waals surface area contributed by atoms with Crippen molar-refractivity contribution in [1.82, 2.24) is 9.78 Å². The van der Waals surface area contributed by atoms with Crippen molar-refractivity contribution in [2.45, 2.75) is 19.5 Å². The van der Waals surface area contributed by atoms with Crippen LogP contribution < -0.4 is 5.32 Å². The van der Waals surface area contributed by atoms with Gasteiger partial charge in [0.1, 0.15) is 0 Å². The summed E-state index contributed by atoms with van der Waals surface area (Å²) in [5.74, 6) is 0. The maximum Gasteiger partial charge on any atom is 0.0731 e. The van der Waals surface area contributed by atoms with Crippen LogP contribution in [-0.2, 0) is 11.3 Å². The van der Waals surface area contributed by atoms with Crippen LogP contribution in [0.2, 0.25) is 10.0 Å². The van der Waals surface area contributed by atoms with Crippen LogP contribution >= 0.6 is 23.2 Å². The van der Waals surface area contributed by atoms with Crippen LogP contribution in [0.1, 0.15) is 18.5 Å². The number of ether oxygens (including phenoxy) is 1. The Balaban J connectivity index is 2.05. The number of rotatable bonds is 6. The van der Waals surface area contributed by atoms with E-state index in [0.29, 0.717) is 16.7 Å². The quantitative estimate of drug-likeness (QED) is 0.875. The van der Waals surface area contributed by atoms with Gasteiger partial charge in [0.15, 0.2) is 0 Å². The molecule has 0 amide bonds. The average Bonchev–Trinajstić information content (AvgIpc) is 2.86. The molecule has 2 aromatic rings. The molecule has 0 spiro atoms. The minimum absolute atomic E-state index is 0.0428. The van der Waals surface area contributed by atoms with Gasteiger partial charge in [-0.15, -0.1) is 0 Å². The molecule has 1 heterocycles. The zero-order chi connectivity index (χ0) is 14.5. The van der Waals surface area contributed by atoms with Crippen molar-refractivity contribution in [3.05, 3.63) is 46.2 Å². The van der Waals surface area contributed by atoms with Gasteiger partial charge in [0.2, 0.25) is 0 Å². The monoisotopic (exact) mass is 313 g/mol. The molecular formula is C14H17Cl2N3O. The van der Waals surface area contributed by atoms with E-state index in [1.165, 1.54) is 0 Å². The number of hydrogen-bond donors (Lipinski definition) is 1. The Bertz CT molecular complexity index is 571. The number of benzene rings is 1. The van der Waals surface area contributed by atoms with Gasteiger partial charge in [-0.2, -0.15) is 5.10 Å². The molecule has 1 aromatic carbocycles. The van der Waals surface area contributed by atoms with Crippen LogP contribution in [0.25, 0.3) is 0 Å². The van der Waals surface area contributed by atoms with E-state index in [9.17, 15) is 0 Å². The molecule has 0 fully saturated rings. The van der Waals surface area contributed by atoms with Gasteiger partial charge in [-0.1, -0.05) is 23.2 Å². The third kappa shape index (κ3) is 3.88. The van der Waals surface area contributed by atoms with E-state index in [-0.39, 0.29) is 6.04 Å². The summed E-state index contributed by atoms with van der Waals surface area (Å²) in [6.45, 7) is 3.39. The molecule has 0 aliphatic heterocycles. The molecule has 0 aliphatic rings. The summed E-state index contributed by atoms with van der Waals surface area (Å²) in [4.78, 5) is 0. The van der Waals surface area contributed by atoms with Crippen molar-refractivity contribution in [3.63, 3.8) is 0 Å². The molecule has 0 saturated heterocycles. The molecule has 0 aliphatic carbocycles. The summed E-state index contributed by atoms with van der Waals surface area (Å²) >= 11 is 12.2. The fourth-order valence-electron chi connectivity index (χ4n) is 1.92. The smallest absolute Gasteiger partial charge is 0.0731 e. The summed E-state index contributed by atoms with van der Waals surface area (Å²) in [6.07, 6.45) is 3.72. The van der Waals surface area contributed by atoms with Gasteiger partial charge in [-0.3, -0.25) is 4.68 Å². The van der Waals surface area contributed by atoms with Crippen molar-refractivity contribution in [1.29, 1.82) is 0 Å². The van der Waals surface area contributed by atoms with Gasteiger partial charge < -0.3 is 10.1 Å². The second-order valence-electron chi connectivity index (χ2n) is 4.52. The van der Waals surface area contributed by atoms with Gasteiger partial charge in [0.05, 0.1) is 31.1 Å². The first-order valence-corrected chi connectivity index (χ1v) is 7.08. The van der Waals surface area contributed by atoms with Gasteiger partial charge in [-0.05, 0) is 30.7 Å². The molecule has 1 N–H and O–H groups in total. The topological polar surface area (TPSA) is 39.1 Å². The number of methoxy groups -OCH3 is 1. The van der Waals surface area contributed by atoms with E-state index in [1.807, 2.05) is 23.9 Å². The van der Waals surface area contributed by atoms with Crippen molar-refractivity contribution >= 4 is 28.9 Å². The maximum atomic E-state index is 6.20. The maximum absolute atomic E-state index is 6.20. The third-order valence-electron chi connectivity index (χ3n) is 2.97. The number of halogens is 2. The first kappa shape index (κ1) is 15.2. The second kappa shape index (κ2) is 6.97. The van der Waals surface area contributed by atoms with E-state index in [0.717, 1.165) is 17.8 Å². The Kier molecular flexibility index (Phi) is 5.29. The highest BCUT2D eigenvalue weighted by Crippen LogP contribution is 2.28. The Morgan fingerprint density at radius 1 is 1.40 bits per heavy atom. The van der Waals surface area contributed by atoms with Crippen LogP contribution in [-0.4, -0.2) is 23.5 Å². The fourth-order valence-corrected chi connectivity index (χ4v) is 2.38. The molecule has 0 saturated carbocycles. The summed E-state index contributed by atoms with van der Waals surface area (Å²) in [5.41, 5.74) is 1.90. The predicted octanol–water partition coefficient (Wildman–Crippen LogP) is 4.01. The number of hydrogen-bond acceptors (Lipinski definition) is 3. The van der Waals surface area contributed by atoms with E-state index >= 15 is 0 Å². The Hall–Kier alpha value is -1.23. The lowest BCUT2D eigenvalue weighted by Crippen LogP contribution is -2.07. The minimum atomic E-state index is 0.0428. The highest BCUT2D eigenvalue weighted by atomic mass is 35.5. The largest absolute Gasteiger partial charge is 0.383 e. The van der Waals surface area contributed by atoms with E-state index in [4.69, 9.17) is 27.9 Å². The Morgan fingerprint density at radius 2 is 2.20 bits per heavy atom.